The van der Waals surface area contributed by atoms with E-state index in [4.69, 9.17) is 4.74 Å². The van der Waals surface area contributed by atoms with Crippen LogP contribution in [0.5, 0.6) is 0 Å². The standard InChI is InChI=1S/C15H17N3O3S2/c1-3-21-12(19)9-22-10(2)13(20)16-15-18-17-14(23-15)11-7-5-4-6-8-11/h4-8,10H,3,9H2,1-2H3,(H,16,18,20). The Labute approximate surface area is 142 Å². The molecule has 0 saturated heterocycles. The molecule has 23 heavy (non-hydrogen) atoms. The summed E-state index contributed by atoms with van der Waals surface area (Å²) in [5.41, 5.74) is 0.954. The normalized spacial score (nSPS) is 11.7. The second kappa shape index (κ2) is 8.64. The Balaban J connectivity index is 1.88. The Morgan fingerprint density at radius 2 is 2.04 bits per heavy atom. The van der Waals surface area contributed by atoms with E-state index in [-0.39, 0.29) is 22.9 Å². The van der Waals surface area contributed by atoms with E-state index < -0.39 is 0 Å². The number of nitrogens with one attached hydrogen (secondary N) is 1. The molecule has 0 spiro atoms. The van der Waals surface area contributed by atoms with Gasteiger partial charge >= 0.3 is 5.97 Å². The largest absolute Gasteiger partial charge is 0.465 e. The van der Waals surface area contributed by atoms with Gasteiger partial charge < -0.3 is 4.74 Å². The molecule has 1 heterocycles. The lowest BCUT2D eigenvalue weighted by molar-refractivity contribution is -0.139. The number of esters is 1. The maximum atomic E-state index is 12.1. The van der Waals surface area contributed by atoms with Crippen LogP contribution < -0.4 is 5.32 Å². The van der Waals surface area contributed by atoms with Crippen molar-refractivity contribution >= 4 is 40.1 Å². The van der Waals surface area contributed by atoms with Crippen LogP contribution in [0.1, 0.15) is 13.8 Å². The molecule has 1 amide bonds. The highest BCUT2D eigenvalue weighted by Gasteiger charge is 2.17. The quantitative estimate of drug-likeness (QED) is 0.773. The summed E-state index contributed by atoms with van der Waals surface area (Å²) >= 11 is 2.53. The minimum absolute atomic E-state index is 0.147. The topological polar surface area (TPSA) is 81.2 Å². The molecule has 0 aliphatic rings. The minimum atomic E-state index is -0.386. The molecule has 1 unspecified atom stereocenters. The minimum Gasteiger partial charge on any atom is -0.465 e. The maximum absolute atomic E-state index is 12.1. The van der Waals surface area contributed by atoms with Crippen molar-refractivity contribution < 1.29 is 14.3 Å². The van der Waals surface area contributed by atoms with Gasteiger partial charge in [-0.05, 0) is 13.8 Å². The lowest BCUT2D eigenvalue weighted by atomic mass is 10.2. The molecule has 0 radical (unpaired) electrons. The maximum Gasteiger partial charge on any atom is 0.315 e. The second-order valence-electron chi connectivity index (χ2n) is 4.53. The number of aromatic nitrogens is 2. The van der Waals surface area contributed by atoms with Gasteiger partial charge in [-0.15, -0.1) is 22.0 Å². The van der Waals surface area contributed by atoms with Gasteiger partial charge in [0.25, 0.3) is 0 Å². The van der Waals surface area contributed by atoms with Crippen LogP contribution in [0, 0.1) is 0 Å². The van der Waals surface area contributed by atoms with E-state index >= 15 is 0 Å². The van der Waals surface area contributed by atoms with E-state index in [1.54, 1.807) is 13.8 Å². The molecule has 8 heteroatoms. The number of rotatable bonds is 7. The number of benzene rings is 1. The van der Waals surface area contributed by atoms with Crippen LogP contribution in [0.4, 0.5) is 5.13 Å². The molecule has 2 rings (SSSR count). The van der Waals surface area contributed by atoms with E-state index in [2.05, 4.69) is 15.5 Å². The average Bonchev–Trinajstić information content (AvgIpc) is 3.02. The summed E-state index contributed by atoms with van der Waals surface area (Å²) in [6, 6.07) is 9.63. The highest BCUT2D eigenvalue weighted by molar-refractivity contribution is 8.01. The predicted octanol–water partition coefficient (Wildman–Crippen LogP) is 2.83. The van der Waals surface area contributed by atoms with E-state index in [1.165, 1.54) is 23.1 Å². The summed E-state index contributed by atoms with van der Waals surface area (Å²) in [4.78, 5) is 23.4. The Kier molecular flexibility index (Phi) is 6.54. The fraction of sp³-hybridized carbons (Fsp3) is 0.333. The van der Waals surface area contributed by atoms with Crippen molar-refractivity contribution in [2.75, 3.05) is 17.7 Å². The smallest absolute Gasteiger partial charge is 0.315 e. The van der Waals surface area contributed by atoms with Crippen molar-refractivity contribution in [2.45, 2.75) is 19.1 Å². The van der Waals surface area contributed by atoms with Crippen molar-refractivity contribution in [1.29, 1.82) is 0 Å². The zero-order valence-corrected chi connectivity index (χ0v) is 14.4. The molecular weight excluding hydrogens is 334 g/mol. The number of ether oxygens (including phenoxy) is 1. The van der Waals surface area contributed by atoms with Gasteiger partial charge in [0.2, 0.25) is 11.0 Å². The Bertz CT molecular complexity index is 661. The van der Waals surface area contributed by atoms with Gasteiger partial charge in [-0.3, -0.25) is 14.9 Å². The van der Waals surface area contributed by atoms with Crippen molar-refractivity contribution in [1.82, 2.24) is 10.2 Å². The fourth-order valence-corrected chi connectivity index (χ4v) is 3.08. The van der Waals surface area contributed by atoms with E-state index in [9.17, 15) is 9.59 Å². The monoisotopic (exact) mass is 351 g/mol. The molecule has 0 aliphatic carbocycles. The van der Waals surface area contributed by atoms with Gasteiger partial charge in [0.1, 0.15) is 5.01 Å². The van der Waals surface area contributed by atoms with Gasteiger partial charge in [-0.2, -0.15) is 0 Å². The number of nitrogens with zero attached hydrogens (tertiary/aromatic N) is 2. The van der Waals surface area contributed by atoms with Crippen molar-refractivity contribution in [3.05, 3.63) is 30.3 Å². The summed E-state index contributed by atoms with van der Waals surface area (Å²) in [6.07, 6.45) is 0. The number of amides is 1. The molecule has 1 aromatic heterocycles. The predicted molar refractivity (Wildman–Crippen MR) is 92.5 cm³/mol. The van der Waals surface area contributed by atoms with E-state index in [0.29, 0.717) is 11.7 Å². The van der Waals surface area contributed by atoms with Crippen molar-refractivity contribution in [3.8, 4) is 10.6 Å². The Morgan fingerprint density at radius 1 is 1.30 bits per heavy atom. The molecule has 0 bridgehead atoms. The number of carbonyl (C=O) groups is 2. The zero-order chi connectivity index (χ0) is 16.7. The molecule has 1 aromatic carbocycles. The third-order valence-electron chi connectivity index (χ3n) is 2.80. The molecule has 0 aliphatic heterocycles. The first-order chi connectivity index (χ1) is 11.1. The number of carbonyl (C=O) groups excluding carboxylic acids is 2. The van der Waals surface area contributed by atoms with Gasteiger partial charge in [0.15, 0.2) is 0 Å². The van der Waals surface area contributed by atoms with Gasteiger partial charge in [-0.25, -0.2) is 0 Å². The molecule has 1 atom stereocenters. The fourth-order valence-electron chi connectivity index (χ4n) is 1.65. The Morgan fingerprint density at radius 3 is 2.74 bits per heavy atom. The highest BCUT2D eigenvalue weighted by atomic mass is 32.2. The van der Waals surface area contributed by atoms with Crippen LogP contribution in [0.2, 0.25) is 0 Å². The van der Waals surface area contributed by atoms with E-state index in [1.807, 2.05) is 30.3 Å². The van der Waals surface area contributed by atoms with Gasteiger partial charge in [-0.1, -0.05) is 41.7 Å². The van der Waals surface area contributed by atoms with Crippen LogP contribution in [0.3, 0.4) is 0 Å². The lowest BCUT2D eigenvalue weighted by Crippen LogP contribution is -2.24. The molecule has 6 nitrogen and oxygen atoms in total. The van der Waals surface area contributed by atoms with Crippen LogP contribution in [0.15, 0.2) is 30.3 Å². The van der Waals surface area contributed by atoms with Crippen molar-refractivity contribution in [3.63, 3.8) is 0 Å². The SMILES string of the molecule is CCOC(=O)CSC(C)C(=O)Nc1nnc(-c2ccccc2)s1. The van der Waals surface area contributed by atoms with Crippen LogP contribution in [0.25, 0.3) is 10.6 Å². The third kappa shape index (κ3) is 5.33. The summed E-state index contributed by atoms with van der Waals surface area (Å²) in [6.45, 7) is 3.82. The first-order valence-electron chi connectivity index (χ1n) is 7.07. The average molecular weight is 351 g/mol. The lowest BCUT2D eigenvalue weighted by Gasteiger charge is -2.09. The molecule has 1 N–H and O–H groups in total. The molecule has 122 valence electrons. The van der Waals surface area contributed by atoms with Crippen LogP contribution in [-0.2, 0) is 14.3 Å². The summed E-state index contributed by atoms with van der Waals surface area (Å²) in [5, 5.41) is 11.6. The third-order valence-corrected chi connectivity index (χ3v) is 4.81. The Hall–Kier alpha value is -1.93. The zero-order valence-electron chi connectivity index (χ0n) is 12.8. The van der Waals surface area contributed by atoms with E-state index in [0.717, 1.165) is 10.6 Å². The van der Waals surface area contributed by atoms with Gasteiger partial charge in [0, 0.05) is 5.56 Å². The molecule has 2 aromatic rings. The molecule has 0 fully saturated rings. The molecular formula is C15H17N3O3S2. The molecule has 0 saturated carbocycles. The second-order valence-corrected chi connectivity index (χ2v) is 6.83. The van der Waals surface area contributed by atoms with Crippen LogP contribution in [-0.4, -0.2) is 39.7 Å². The number of thioether (sulfide) groups is 1. The highest BCUT2D eigenvalue weighted by Crippen LogP contribution is 2.26. The first-order valence-corrected chi connectivity index (χ1v) is 8.93. The summed E-state index contributed by atoms with van der Waals surface area (Å²) in [5.74, 6) is -0.386. The number of hydrogen-bond acceptors (Lipinski definition) is 7. The van der Waals surface area contributed by atoms with Crippen LogP contribution >= 0.6 is 23.1 Å². The summed E-state index contributed by atoms with van der Waals surface area (Å²) < 4.78 is 4.83. The number of hydrogen-bond donors (Lipinski definition) is 1. The number of anilines is 1. The summed E-state index contributed by atoms with van der Waals surface area (Å²) in [7, 11) is 0. The first kappa shape index (κ1) is 17.4. The van der Waals surface area contributed by atoms with Crippen molar-refractivity contribution in [2.24, 2.45) is 0 Å². The van der Waals surface area contributed by atoms with Gasteiger partial charge in [0.05, 0.1) is 17.6 Å².